The summed E-state index contributed by atoms with van der Waals surface area (Å²) in [5.74, 6) is 0.832. The second kappa shape index (κ2) is 6.35. The third kappa shape index (κ3) is 2.96. The molecular weight excluding hydrogens is 278 g/mol. The fourth-order valence-corrected chi connectivity index (χ4v) is 2.27. The minimum absolute atomic E-state index is 0.000265. The first-order chi connectivity index (χ1) is 10.8. The Morgan fingerprint density at radius 1 is 1.09 bits per heavy atom. The van der Waals surface area contributed by atoms with Gasteiger partial charge in [0.05, 0.1) is 23.8 Å². The van der Waals surface area contributed by atoms with E-state index in [9.17, 15) is 4.79 Å². The largest absolute Gasteiger partial charge is 0.494 e. The molecule has 4 heteroatoms. The van der Waals surface area contributed by atoms with Crippen LogP contribution < -0.4 is 15.5 Å². The van der Waals surface area contributed by atoms with Gasteiger partial charge in [-0.05, 0) is 43.3 Å². The number of ether oxygens (including phenoxy) is 1. The van der Waals surface area contributed by atoms with Gasteiger partial charge in [0.2, 0.25) is 0 Å². The summed E-state index contributed by atoms with van der Waals surface area (Å²) < 4.78 is 10.9. The number of rotatable bonds is 5. The van der Waals surface area contributed by atoms with E-state index in [-0.39, 0.29) is 5.43 Å². The molecule has 1 N–H and O–H groups in total. The Kier molecular flexibility index (Phi) is 4.10. The molecule has 0 bridgehead atoms. The Labute approximate surface area is 128 Å². The molecule has 0 aliphatic heterocycles. The molecule has 0 radical (unpaired) electrons. The van der Waals surface area contributed by atoms with E-state index in [4.69, 9.17) is 9.15 Å². The molecule has 0 fully saturated rings. The molecule has 1 heterocycles. The predicted molar refractivity (Wildman–Crippen MR) is 87.4 cm³/mol. The van der Waals surface area contributed by atoms with Gasteiger partial charge in [-0.1, -0.05) is 12.1 Å². The quantitative estimate of drug-likeness (QED) is 0.777. The minimum Gasteiger partial charge on any atom is -0.494 e. The summed E-state index contributed by atoms with van der Waals surface area (Å²) in [6, 6.07) is 14.9. The van der Waals surface area contributed by atoms with Crippen LogP contribution in [0.25, 0.3) is 11.0 Å². The lowest BCUT2D eigenvalue weighted by molar-refractivity contribution is 0.340. The van der Waals surface area contributed by atoms with Crippen molar-refractivity contribution in [2.45, 2.75) is 13.5 Å². The molecule has 0 saturated heterocycles. The second-order valence-electron chi connectivity index (χ2n) is 4.90. The van der Waals surface area contributed by atoms with E-state index in [1.807, 2.05) is 43.3 Å². The molecule has 0 amide bonds. The predicted octanol–water partition coefficient (Wildman–Crippen LogP) is 3.80. The number of nitrogens with one attached hydrogen (secondary N) is 1. The standard InChI is InChI=1S/C18H17NO3/c1-2-21-15-9-7-14(8-10-15)19-11-13-12-22-17-6-4-3-5-16(17)18(13)20/h3-10,12,19H,2,11H2,1H3. The van der Waals surface area contributed by atoms with Gasteiger partial charge < -0.3 is 14.5 Å². The van der Waals surface area contributed by atoms with Crippen LogP contribution in [-0.2, 0) is 6.54 Å². The van der Waals surface area contributed by atoms with E-state index in [0.717, 1.165) is 11.4 Å². The minimum atomic E-state index is 0.000265. The molecule has 3 rings (SSSR count). The number of hydrogen-bond donors (Lipinski definition) is 1. The van der Waals surface area contributed by atoms with Crippen molar-refractivity contribution in [2.24, 2.45) is 0 Å². The maximum atomic E-state index is 12.4. The highest BCUT2D eigenvalue weighted by atomic mass is 16.5. The van der Waals surface area contributed by atoms with Crippen LogP contribution in [0.4, 0.5) is 5.69 Å². The van der Waals surface area contributed by atoms with Gasteiger partial charge in [-0.15, -0.1) is 0 Å². The summed E-state index contributed by atoms with van der Waals surface area (Å²) >= 11 is 0. The molecule has 0 saturated carbocycles. The third-order valence-electron chi connectivity index (χ3n) is 3.40. The highest BCUT2D eigenvalue weighted by molar-refractivity contribution is 5.76. The third-order valence-corrected chi connectivity index (χ3v) is 3.40. The zero-order valence-electron chi connectivity index (χ0n) is 12.3. The van der Waals surface area contributed by atoms with Gasteiger partial charge in [0.1, 0.15) is 11.3 Å². The van der Waals surface area contributed by atoms with E-state index < -0.39 is 0 Å². The molecule has 0 unspecified atom stereocenters. The van der Waals surface area contributed by atoms with Crippen molar-refractivity contribution in [3.05, 3.63) is 70.6 Å². The Morgan fingerprint density at radius 2 is 1.86 bits per heavy atom. The van der Waals surface area contributed by atoms with E-state index in [2.05, 4.69) is 5.32 Å². The molecule has 0 spiro atoms. The average Bonchev–Trinajstić information content (AvgIpc) is 2.56. The molecule has 3 aromatic rings. The van der Waals surface area contributed by atoms with E-state index >= 15 is 0 Å². The van der Waals surface area contributed by atoms with Crippen LogP contribution in [0.1, 0.15) is 12.5 Å². The number of anilines is 1. The van der Waals surface area contributed by atoms with Crippen LogP contribution in [-0.4, -0.2) is 6.61 Å². The Bertz CT molecular complexity index is 822. The summed E-state index contributed by atoms with van der Waals surface area (Å²) in [5.41, 5.74) is 2.14. The lowest BCUT2D eigenvalue weighted by Gasteiger charge is -2.08. The van der Waals surface area contributed by atoms with Crippen molar-refractivity contribution >= 4 is 16.7 Å². The molecule has 1 aromatic heterocycles. The fraction of sp³-hybridized carbons (Fsp3) is 0.167. The van der Waals surface area contributed by atoms with E-state index in [1.54, 1.807) is 12.1 Å². The van der Waals surface area contributed by atoms with Gasteiger partial charge >= 0.3 is 0 Å². The summed E-state index contributed by atoms with van der Waals surface area (Å²) in [4.78, 5) is 12.4. The number of para-hydroxylation sites is 1. The molecule has 0 aliphatic carbocycles. The van der Waals surface area contributed by atoms with Gasteiger partial charge in [-0.2, -0.15) is 0 Å². The normalized spacial score (nSPS) is 10.6. The van der Waals surface area contributed by atoms with Crippen molar-refractivity contribution in [3.63, 3.8) is 0 Å². The van der Waals surface area contributed by atoms with Crippen LogP contribution in [0.3, 0.4) is 0 Å². The van der Waals surface area contributed by atoms with Crippen molar-refractivity contribution in [1.29, 1.82) is 0 Å². The van der Waals surface area contributed by atoms with E-state index in [0.29, 0.717) is 29.7 Å². The van der Waals surface area contributed by atoms with Crippen LogP contribution in [0.2, 0.25) is 0 Å². The fourth-order valence-electron chi connectivity index (χ4n) is 2.27. The first-order valence-electron chi connectivity index (χ1n) is 7.24. The second-order valence-corrected chi connectivity index (χ2v) is 4.90. The van der Waals surface area contributed by atoms with Gasteiger partial charge in [0, 0.05) is 12.2 Å². The van der Waals surface area contributed by atoms with Crippen molar-refractivity contribution < 1.29 is 9.15 Å². The first kappa shape index (κ1) is 14.2. The van der Waals surface area contributed by atoms with Crippen molar-refractivity contribution in [2.75, 3.05) is 11.9 Å². The summed E-state index contributed by atoms with van der Waals surface area (Å²) in [5, 5.41) is 3.83. The number of benzene rings is 2. The van der Waals surface area contributed by atoms with E-state index in [1.165, 1.54) is 6.26 Å². The molecule has 2 aromatic carbocycles. The lowest BCUT2D eigenvalue weighted by atomic mass is 10.1. The first-order valence-corrected chi connectivity index (χ1v) is 7.24. The highest BCUT2D eigenvalue weighted by Gasteiger charge is 2.06. The average molecular weight is 295 g/mol. The van der Waals surface area contributed by atoms with Crippen LogP contribution in [0, 0.1) is 0 Å². The molecule has 0 aliphatic rings. The number of hydrogen-bond acceptors (Lipinski definition) is 4. The Hall–Kier alpha value is -2.75. The Balaban J connectivity index is 1.76. The summed E-state index contributed by atoms with van der Waals surface area (Å²) in [6.45, 7) is 3.01. The topological polar surface area (TPSA) is 51.5 Å². The zero-order chi connectivity index (χ0) is 15.4. The zero-order valence-corrected chi connectivity index (χ0v) is 12.3. The number of fused-ring (bicyclic) bond motifs is 1. The Morgan fingerprint density at radius 3 is 2.64 bits per heavy atom. The van der Waals surface area contributed by atoms with Gasteiger partial charge in [0.15, 0.2) is 5.43 Å². The maximum Gasteiger partial charge on any atom is 0.197 e. The molecule has 22 heavy (non-hydrogen) atoms. The van der Waals surface area contributed by atoms with Crippen molar-refractivity contribution in [3.8, 4) is 5.75 Å². The van der Waals surface area contributed by atoms with Crippen LogP contribution >= 0.6 is 0 Å². The van der Waals surface area contributed by atoms with Crippen molar-refractivity contribution in [1.82, 2.24) is 0 Å². The lowest BCUT2D eigenvalue weighted by Crippen LogP contribution is -2.12. The SMILES string of the molecule is CCOc1ccc(NCc2coc3ccccc3c2=O)cc1. The summed E-state index contributed by atoms with van der Waals surface area (Å²) in [6.07, 6.45) is 1.52. The van der Waals surface area contributed by atoms with Crippen LogP contribution in [0.5, 0.6) is 5.75 Å². The summed E-state index contributed by atoms with van der Waals surface area (Å²) in [7, 11) is 0. The smallest absolute Gasteiger partial charge is 0.197 e. The molecule has 0 atom stereocenters. The highest BCUT2D eigenvalue weighted by Crippen LogP contribution is 2.16. The molecular formula is C18H17NO3. The molecule has 112 valence electrons. The monoisotopic (exact) mass is 295 g/mol. The molecule has 4 nitrogen and oxygen atoms in total. The van der Waals surface area contributed by atoms with Gasteiger partial charge in [0.25, 0.3) is 0 Å². The van der Waals surface area contributed by atoms with Gasteiger partial charge in [-0.25, -0.2) is 0 Å². The van der Waals surface area contributed by atoms with Gasteiger partial charge in [-0.3, -0.25) is 4.79 Å². The maximum absolute atomic E-state index is 12.4. The van der Waals surface area contributed by atoms with Crippen LogP contribution in [0.15, 0.2) is 64.0 Å².